The van der Waals surface area contributed by atoms with E-state index in [0.29, 0.717) is 6.61 Å². The van der Waals surface area contributed by atoms with Gasteiger partial charge in [0, 0.05) is 0 Å². The van der Waals surface area contributed by atoms with E-state index in [-0.39, 0.29) is 12.3 Å². The van der Waals surface area contributed by atoms with E-state index in [1.54, 1.807) is 20.8 Å². The van der Waals surface area contributed by atoms with Crippen molar-refractivity contribution >= 4 is 11.9 Å². The highest BCUT2D eigenvalue weighted by molar-refractivity contribution is 5.78. The first-order valence-corrected chi connectivity index (χ1v) is 4.37. The van der Waals surface area contributed by atoms with Crippen molar-refractivity contribution in [2.75, 3.05) is 6.61 Å². The predicted octanol–water partition coefficient (Wildman–Crippen LogP) is 1.30. The molecule has 0 saturated carbocycles. The first-order valence-electron chi connectivity index (χ1n) is 4.37. The fraction of sp³-hybridized carbons (Fsp3) is 0.778. The number of rotatable bonds is 5. The smallest absolute Gasteiger partial charge is 0.307 e. The van der Waals surface area contributed by atoms with Gasteiger partial charge in [-0.25, -0.2) is 0 Å². The average molecular weight is 188 g/mol. The minimum Gasteiger partial charge on any atom is -0.481 e. The molecular formula is C9H16O4. The Bertz CT molecular complexity index is 186. The van der Waals surface area contributed by atoms with Crippen LogP contribution in [0.4, 0.5) is 0 Å². The van der Waals surface area contributed by atoms with Crippen LogP contribution in [-0.4, -0.2) is 23.7 Å². The summed E-state index contributed by atoms with van der Waals surface area (Å²) in [4.78, 5) is 21.6. The lowest BCUT2D eigenvalue weighted by Crippen LogP contribution is -2.24. The van der Waals surface area contributed by atoms with Crippen LogP contribution >= 0.6 is 0 Å². The van der Waals surface area contributed by atoms with Gasteiger partial charge in [0.2, 0.25) is 0 Å². The minimum absolute atomic E-state index is 0.0408. The number of carbonyl (C=O) groups excluding carboxylic acids is 1. The summed E-state index contributed by atoms with van der Waals surface area (Å²) in [6, 6.07) is 0. The Hall–Kier alpha value is -1.06. The van der Waals surface area contributed by atoms with E-state index in [1.807, 2.05) is 0 Å². The second-order valence-corrected chi connectivity index (χ2v) is 3.20. The zero-order valence-electron chi connectivity index (χ0n) is 8.24. The maximum absolute atomic E-state index is 11.0. The molecule has 0 amide bonds. The molecule has 0 rings (SSSR count). The van der Waals surface area contributed by atoms with Gasteiger partial charge in [-0.05, 0) is 12.8 Å². The molecule has 0 aliphatic rings. The van der Waals surface area contributed by atoms with Crippen LogP contribution in [0, 0.1) is 11.8 Å². The molecule has 1 unspecified atom stereocenters. The van der Waals surface area contributed by atoms with Crippen molar-refractivity contribution in [1.82, 2.24) is 0 Å². The maximum atomic E-state index is 11.0. The summed E-state index contributed by atoms with van der Waals surface area (Å²) in [5, 5.41) is 8.75. The zero-order chi connectivity index (χ0) is 10.4. The molecule has 1 N–H and O–H groups in total. The highest BCUT2D eigenvalue weighted by atomic mass is 16.5. The van der Waals surface area contributed by atoms with Crippen LogP contribution in [0.5, 0.6) is 0 Å². The van der Waals surface area contributed by atoms with Gasteiger partial charge in [-0.1, -0.05) is 13.8 Å². The van der Waals surface area contributed by atoms with E-state index in [2.05, 4.69) is 4.74 Å². The molecular weight excluding hydrogens is 172 g/mol. The lowest BCUT2D eigenvalue weighted by molar-refractivity contribution is -0.152. The van der Waals surface area contributed by atoms with Gasteiger partial charge < -0.3 is 9.84 Å². The van der Waals surface area contributed by atoms with Gasteiger partial charge in [-0.2, -0.15) is 0 Å². The fourth-order valence-electron chi connectivity index (χ4n) is 1.01. The van der Waals surface area contributed by atoms with E-state index in [4.69, 9.17) is 5.11 Å². The highest BCUT2D eigenvalue weighted by Gasteiger charge is 2.24. The van der Waals surface area contributed by atoms with Crippen molar-refractivity contribution < 1.29 is 19.4 Å². The van der Waals surface area contributed by atoms with Gasteiger partial charge in [0.05, 0.1) is 18.9 Å². The van der Waals surface area contributed by atoms with Crippen molar-refractivity contribution in [2.45, 2.75) is 27.2 Å². The van der Waals surface area contributed by atoms with E-state index in [1.165, 1.54) is 0 Å². The molecule has 1 atom stereocenters. The van der Waals surface area contributed by atoms with Gasteiger partial charge in [0.25, 0.3) is 0 Å². The molecule has 0 aliphatic heterocycles. The third-order valence-corrected chi connectivity index (χ3v) is 1.81. The molecule has 0 saturated heterocycles. The second kappa shape index (κ2) is 5.56. The Balaban J connectivity index is 4.10. The molecule has 0 spiro atoms. The van der Waals surface area contributed by atoms with Crippen LogP contribution < -0.4 is 0 Å². The van der Waals surface area contributed by atoms with Gasteiger partial charge in [0.1, 0.15) is 0 Å². The number of aliphatic carboxylic acids is 1. The summed E-state index contributed by atoms with van der Waals surface area (Å²) in [6.07, 6.45) is -0.0408. The van der Waals surface area contributed by atoms with Crippen molar-refractivity contribution in [3.63, 3.8) is 0 Å². The SMILES string of the molecule is CCOC(=O)CC(C(=O)O)C(C)C. The van der Waals surface area contributed by atoms with Gasteiger partial charge in [0.15, 0.2) is 0 Å². The van der Waals surface area contributed by atoms with E-state index in [0.717, 1.165) is 0 Å². The Morgan fingerprint density at radius 2 is 1.92 bits per heavy atom. The molecule has 0 fully saturated rings. The summed E-state index contributed by atoms with van der Waals surface area (Å²) in [5.74, 6) is -2.08. The number of ether oxygens (including phenoxy) is 1. The van der Waals surface area contributed by atoms with Gasteiger partial charge in [-0.3, -0.25) is 9.59 Å². The summed E-state index contributed by atoms with van der Waals surface area (Å²) in [7, 11) is 0. The van der Waals surface area contributed by atoms with E-state index < -0.39 is 17.9 Å². The Labute approximate surface area is 77.9 Å². The molecule has 4 heteroatoms. The second-order valence-electron chi connectivity index (χ2n) is 3.20. The number of carboxylic acid groups (broad SMARTS) is 1. The van der Waals surface area contributed by atoms with Crippen LogP contribution in [0.2, 0.25) is 0 Å². The molecule has 76 valence electrons. The molecule has 0 bridgehead atoms. The predicted molar refractivity (Wildman–Crippen MR) is 47.2 cm³/mol. The third-order valence-electron chi connectivity index (χ3n) is 1.81. The number of esters is 1. The Kier molecular flexibility index (Phi) is 5.11. The van der Waals surface area contributed by atoms with Crippen LogP contribution in [0.3, 0.4) is 0 Å². The van der Waals surface area contributed by atoms with E-state index in [9.17, 15) is 9.59 Å². The summed E-state index contributed by atoms with van der Waals surface area (Å²) in [6.45, 7) is 5.54. The Morgan fingerprint density at radius 1 is 1.38 bits per heavy atom. The van der Waals surface area contributed by atoms with Gasteiger partial charge >= 0.3 is 11.9 Å². The molecule has 4 nitrogen and oxygen atoms in total. The van der Waals surface area contributed by atoms with Crippen molar-refractivity contribution in [3.8, 4) is 0 Å². The van der Waals surface area contributed by atoms with Crippen LogP contribution in [-0.2, 0) is 14.3 Å². The van der Waals surface area contributed by atoms with E-state index >= 15 is 0 Å². The first kappa shape index (κ1) is 11.9. The normalized spacial score (nSPS) is 12.6. The van der Waals surface area contributed by atoms with Crippen molar-refractivity contribution in [3.05, 3.63) is 0 Å². The molecule has 0 heterocycles. The summed E-state index contributed by atoms with van der Waals surface area (Å²) < 4.78 is 4.67. The maximum Gasteiger partial charge on any atom is 0.307 e. The quantitative estimate of drug-likeness (QED) is 0.660. The molecule has 13 heavy (non-hydrogen) atoms. The molecule has 0 aromatic heterocycles. The summed E-state index contributed by atoms with van der Waals surface area (Å²) >= 11 is 0. The standard InChI is InChI=1S/C9H16O4/c1-4-13-8(10)5-7(6(2)3)9(11)12/h6-7H,4-5H2,1-3H3,(H,11,12). The number of hydrogen-bond donors (Lipinski definition) is 1. The lowest BCUT2D eigenvalue weighted by Gasteiger charge is -2.14. The number of carboxylic acids is 1. The monoisotopic (exact) mass is 188 g/mol. The van der Waals surface area contributed by atoms with Crippen molar-refractivity contribution in [2.24, 2.45) is 11.8 Å². The number of carbonyl (C=O) groups is 2. The summed E-state index contributed by atoms with van der Waals surface area (Å²) in [5.41, 5.74) is 0. The average Bonchev–Trinajstić information content (AvgIpc) is 1.99. The fourth-order valence-corrected chi connectivity index (χ4v) is 1.01. The molecule has 0 aliphatic carbocycles. The highest BCUT2D eigenvalue weighted by Crippen LogP contribution is 2.15. The first-order chi connectivity index (χ1) is 5.99. The number of hydrogen-bond acceptors (Lipinski definition) is 3. The van der Waals surface area contributed by atoms with Crippen LogP contribution in [0.25, 0.3) is 0 Å². The lowest BCUT2D eigenvalue weighted by atomic mass is 9.93. The Morgan fingerprint density at radius 3 is 2.23 bits per heavy atom. The zero-order valence-corrected chi connectivity index (χ0v) is 8.24. The molecule has 0 radical (unpaired) electrons. The van der Waals surface area contributed by atoms with Crippen LogP contribution in [0.15, 0.2) is 0 Å². The van der Waals surface area contributed by atoms with Crippen LogP contribution in [0.1, 0.15) is 27.2 Å². The van der Waals surface area contributed by atoms with Gasteiger partial charge in [-0.15, -0.1) is 0 Å². The molecule has 0 aromatic rings. The molecule has 0 aromatic carbocycles. The third kappa shape index (κ3) is 4.50. The largest absolute Gasteiger partial charge is 0.481 e. The topological polar surface area (TPSA) is 63.6 Å². The van der Waals surface area contributed by atoms with Crippen molar-refractivity contribution in [1.29, 1.82) is 0 Å². The minimum atomic E-state index is -0.942.